The van der Waals surface area contributed by atoms with Crippen LogP contribution in [0.25, 0.3) is 0 Å². The Hall–Kier alpha value is -0.650. The van der Waals surface area contributed by atoms with Gasteiger partial charge in [-0.2, -0.15) is 0 Å². The van der Waals surface area contributed by atoms with Crippen LogP contribution in [0, 0.1) is 5.92 Å². The SMILES string of the molecule is CC(C)[C@@H](N)C(=O)N1CCN(CC2CCCO2)CC1. The summed E-state index contributed by atoms with van der Waals surface area (Å²) in [5.41, 5.74) is 5.93. The Labute approximate surface area is 116 Å². The highest BCUT2D eigenvalue weighted by Crippen LogP contribution is 2.15. The molecule has 2 fully saturated rings. The molecule has 2 rings (SSSR count). The first-order chi connectivity index (χ1) is 9.08. The van der Waals surface area contributed by atoms with Crippen molar-refractivity contribution in [1.29, 1.82) is 0 Å². The van der Waals surface area contributed by atoms with Crippen molar-refractivity contribution in [2.45, 2.75) is 38.8 Å². The van der Waals surface area contributed by atoms with Crippen LogP contribution < -0.4 is 5.73 Å². The first-order valence-corrected chi connectivity index (χ1v) is 7.46. The van der Waals surface area contributed by atoms with Crippen LogP contribution in [0.4, 0.5) is 0 Å². The maximum absolute atomic E-state index is 12.1. The fourth-order valence-electron chi connectivity index (χ4n) is 2.72. The minimum atomic E-state index is -0.357. The van der Waals surface area contributed by atoms with Crippen LogP contribution in [0.2, 0.25) is 0 Å². The molecule has 2 saturated heterocycles. The highest BCUT2D eigenvalue weighted by Gasteiger charge is 2.28. The van der Waals surface area contributed by atoms with Crippen LogP contribution in [-0.4, -0.2) is 67.2 Å². The maximum Gasteiger partial charge on any atom is 0.239 e. The van der Waals surface area contributed by atoms with Gasteiger partial charge >= 0.3 is 0 Å². The molecule has 2 heterocycles. The Morgan fingerprint density at radius 3 is 2.53 bits per heavy atom. The summed E-state index contributed by atoms with van der Waals surface area (Å²) < 4.78 is 5.66. The second-order valence-corrected chi connectivity index (χ2v) is 6.03. The maximum atomic E-state index is 12.1. The molecular formula is C14H27N3O2. The molecule has 0 bridgehead atoms. The standard InChI is InChI=1S/C14H27N3O2/c1-11(2)13(15)14(18)17-7-5-16(6-8-17)10-12-4-3-9-19-12/h11-13H,3-10,15H2,1-2H3/t12?,13-/m1/s1. The van der Waals surface area contributed by atoms with Crippen LogP contribution in [-0.2, 0) is 9.53 Å². The molecule has 0 radical (unpaired) electrons. The molecule has 0 aromatic carbocycles. The summed E-state index contributed by atoms with van der Waals surface area (Å²) in [5, 5.41) is 0. The molecule has 0 aliphatic carbocycles. The van der Waals surface area contributed by atoms with Gasteiger partial charge in [0.15, 0.2) is 0 Å². The van der Waals surface area contributed by atoms with E-state index >= 15 is 0 Å². The van der Waals surface area contributed by atoms with Crippen LogP contribution in [0.1, 0.15) is 26.7 Å². The van der Waals surface area contributed by atoms with E-state index in [4.69, 9.17) is 10.5 Å². The van der Waals surface area contributed by atoms with Gasteiger partial charge in [0.2, 0.25) is 5.91 Å². The Kier molecular flexibility index (Phi) is 5.19. The molecule has 0 saturated carbocycles. The average Bonchev–Trinajstić information content (AvgIpc) is 2.90. The van der Waals surface area contributed by atoms with Crippen LogP contribution in [0.3, 0.4) is 0 Å². The van der Waals surface area contributed by atoms with Crippen molar-refractivity contribution in [3.8, 4) is 0 Å². The fraction of sp³-hybridized carbons (Fsp3) is 0.929. The van der Waals surface area contributed by atoms with Crippen molar-refractivity contribution >= 4 is 5.91 Å². The number of rotatable bonds is 4. The van der Waals surface area contributed by atoms with Crippen molar-refractivity contribution in [3.05, 3.63) is 0 Å². The second kappa shape index (κ2) is 6.68. The predicted octanol–water partition coefficient (Wildman–Crippen LogP) is 0.293. The molecule has 1 amide bonds. The molecule has 0 aromatic rings. The van der Waals surface area contributed by atoms with E-state index in [0.29, 0.717) is 6.10 Å². The Morgan fingerprint density at radius 1 is 1.32 bits per heavy atom. The molecule has 5 nitrogen and oxygen atoms in total. The highest BCUT2D eigenvalue weighted by atomic mass is 16.5. The van der Waals surface area contributed by atoms with Gasteiger partial charge in [-0.05, 0) is 18.8 Å². The number of amides is 1. The number of nitrogens with zero attached hydrogens (tertiary/aromatic N) is 2. The third kappa shape index (κ3) is 3.91. The summed E-state index contributed by atoms with van der Waals surface area (Å²) in [4.78, 5) is 16.5. The summed E-state index contributed by atoms with van der Waals surface area (Å²) in [6.07, 6.45) is 2.77. The summed E-state index contributed by atoms with van der Waals surface area (Å²) in [7, 11) is 0. The van der Waals surface area contributed by atoms with Crippen molar-refractivity contribution in [2.24, 2.45) is 11.7 Å². The van der Waals surface area contributed by atoms with E-state index < -0.39 is 0 Å². The van der Waals surface area contributed by atoms with E-state index in [-0.39, 0.29) is 17.9 Å². The van der Waals surface area contributed by atoms with Gasteiger partial charge in [-0.25, -0.2) is 0 Å². The number of carbonyl (C=O) groups excluding carboxylic acids is 1. The Morgan fingerprint density at radius 2 is 2.00 bits per heavy atom. The van der Waals surface area contributed by atoms with E-state index in [2.05, 4.69) is 4.90 Å². The Bertz CT molecular complexity index is 295. The van der Waals surface area contributed by atoms with Crippen molar-refractivity contribution in [3.63, 3.8) is 0 Å². The molecule has 0 aromatic heterocycles. The zero-order valence-electron chi connectivity index (χ0n) is 12.2. The molecule has 19 heavy (non-hydrogen) atoms. The van der Waals surface area contributed by atoms with Crippen LogP contribution in [0.5, 0.6) is 0 Å². The summed E-state index contributed by atoms with van der Waals surface area (Å²) in [5.74, 6) is 0.309. The van der Waals surface area contributed by atoms with Gasteiger partial charge in [-0.3, -0.25) is 9.69 Å². The first kappa shape index (κ1) is 14.8. The largest absolute Gasteiger partial charge is 0.377 e. The third-order valence-corrected chi connectivity index (χ3v) is 4.17. The van der Waals surface area contributed by atoms with Crippen LogP contribution >= 0.6 is 0 Å². The number of ether oxygens (including phenoxy) is 1. The minimum absolute atomic E-state index is 0.103. The lowest BCUT2D eigenvalue weighted by molar-refractivity contribution is -0.135. The monoisotopic (exact) mass is 269 g/mol. The molecule has 2 atom stereocenters. The zero-order chi connectivity index (χ0) is 13.8. The highest BCUT2D eigenvalue weighted by molar-refractivity contribution is 5.82. The number of carbonyl (C=O) groups is 1. The quantitative estimate of drug-likeness (QED) is 0.797. The van der Waals surface area contributed by atoms with Crippen molar-refractivity contribution < 1.29 is 9.53 Å². The molecular weight excluding hydrogens is 242 g/mol. The topological polar surface area (TPSA) is 58.8 Å². The van der Waals surface area contributed by atoms with E-state index in [1.54, 1.807) is 0 Å². The Balaban J connectivity index is 1.74. The van der Waals surface area contributed by atoms with E-state index in [1.807, 2.05) is 18.7 Å². The first-order valence-electron chi connectivity index (χ1n) is 7.46. The summed E-state index contributed by atoms with van der Waals surface area (Å²) in [6, 6.07) is -0.357. The van der Waals surface area contributed by atoms with Gasteiger partial charge in [0.05, 0.1) is 12.1 Å². The minimum Gasteiger partial charge on any atom is -0.377 e. The molecule has 2 aliphatic heterocycles. The van der Waals surface area contributed by atoms with Crippen molar-refractivity contribution in [2.75, 3.05) is 39.3 Å². The lowest BCUT2D eigenvalue weighted by atomic mass is 10.0. The van der Waals surface area contributed by atoms with Gasteiger partial charge in [0, 0.05) is 39.3 Å². The van der Waals surface area contributed by atoms with Gasteiger partial charge in [0.25, 0.3) is 0 Å². The van der Waals surface area contributed by atoms with Gasteiger partial charge in [0.1, 0.15) is 0 Å². The van der Waals surface area contributed by atoms with Gasteiger partial charge in [-0.15, -0.1) is 0 Å². The lowest BCUT2D eigenvalue weighted by Crippen LogP contribution is -2.55. The van der Waals surface area contributed by atoms with Crippen molar-refractivity contribution in [1.82, 2.24) is 9.80 Å². The fourth-order valence-corrected chi connectivity index (χ4v) is 2.72. The number of hydrogen-bond acceptors (Lipinski definition) is 4. The number of piperazine rings is 1. The van der Waals surface area contributed by atoms with Crippen LogP contribution in [0.15, 0.2) is 0 Å². The molecule has 0 spiro atoms. The van der Waals surface area contributed by atoms with Gasteiger partial charge < -0.3 is 15.4 Å². The van der Waals surface area contributed by atoms with Gasteiger partial charge in [-0.1, -0.05) is 13.8 Å². The smallest absolute Gasteiger partial charge is 0.239 e. The normalized spacial score (nSPS) is 26.9. The molecule has 2 N–H and O–H groups in total. The van der Waals surface area contributed by atoms with E-state index in [0.717, 1.165) is 39.3 Å². The molecule has 1 unspecified atom stereocenters. The molecule has 2 aliphatic rings. The average molecular weight is 269 g/mol. The van der Waals surface area contributed by atoms with E-state index in [9.17, 15) is 4.79 Å². The molecule has 5 heteroatoms. The number of hydrogen-bond donors (Lipinski definition) is 1. The predicted molar refractivity (Wildman–Crippen MR) is 74.8 cm³/mol. The number of nitrogens with two attached hydrogens (primary N) is 1. The zero-order valence-corrected chi connectivity index (χ0v) is 12.2. The summed E-state index contributed by atoms with van der Waals surface area (Å²) >= 11 is 0. The summed E-state index contributed by atoms with van der Waals surface area (Å²) in [6.45, 7) is 9.39. The van der Waals surface area contributed by atoms with E-state index in [1.165, 1.54) is 12.8 Å². The lowest BCUT2D eigenvalue weighted by Gasteiger charge is -2.37. The third-order valence-electron chi connectivity index (χ3n) is 4.17. The second-order valence-electron chi connectivity index (χ2n) is 6.03. The molecule has 110 valence electrons.